The summed E-state index contributed by atoms with van der Waals surface area (Å²) in [6.07, 6.45) is 2.25. The summed E-state index contributed by atoms with van der Waals surface area (Å²) in [6.45, 7) is 11.8. The van der Waals surface area contributed by atoms with Crippen LogP contribution >= 0.6 is 11.3 Å². The van der Waals surface area contributed by atoms with Crippen molar-refractivity contribution in [2.45, 2.75) is 47.5 Å². The van der Waals surface area contributed by atoms with Crippen LogP contribution in [-0.4, -0.2) is 48.9 Å². The summed E-state index contributed by atoms with van der Waals surface area (Å²) >= 11 is 1.10. The second-order valence-electron chi connectivity index (χ2n) is 8.78. The van der Waals surface area contributed by atoms with Crippen LogP contribution in [0.15, 0.2) is 18.2 Å². The molecular weight excluding hydrogens is 438 g/mol. The molecule has 2 heterocycles. The van der Waals surface area contributed by atoms with E-state index >= 15 is 0 Å². The van der Waals surface area contributed by atoms with Crippen LogP contribution in [-0.2, 0) is 9.53 Å². The highest BCUT2D eigenvalue weighted by atomic mass is 32.1. The number of hydrogen-bond donors (Lipinski definition) is 2. The molecule has 0 bridgehead atoms. The zero-order valence-corrected chi connectivity index (χ0v) is 20.9. The SMILES string of the molecule is CCOC(=O)c1c(NC(=O)CN2CCC[C@H](C)C2)sc(C(=O)Nc2ccc(C)cc2C)c1C. The van der Waals surface area contributed by atoms with Gasteiger partial charge in [0.1, 0.15) is 5.00 Å². The van der Waals surface area contributed by atoms with Gasteiger partial charge in [0.05, 0.1) is 23.6 Å². The molecule has 8 heteroatoms. The Morgan fingerprint density at radius 2 is 1.94 bits per heavy atom. The molecule has 1 fully saturated rings. The van der Waals surface area contributed by atoms with E-state index in [1.807, 2.05) is 32.0 Å². The van der Waals surface area contributed by atoms with Gasteiger partial charge in [0, 0.05) is 12.2 Å². The molecule has 1 atom stereocenters. The molecule has 2 aromatic rings. The Morgan fingerprint density at radius 1 is 1.18 bits per heavy atom. The largest absolute Gasteiger partial charge is 0.462 e. The number of ether oxygens (including phenoxy) is 1. The van der Waals surface area contributed by atoms with Crippen LogP contribution < -0.4 is 10.6 Å². The maximum absolute atomic E-state index is 13.1. The van der Waals surface area contributed by atoms with E-state index < -0.39 is 5.97 Å². The summed E-state index contributed by atoms with van der Waals surface area (Å²) in [5, 5.41) is 6.15. The van der Waals surface area contributed by atoms with Gasteiger partial charge >= 0.3 is 5.97 Å². The van der Waals surface area contributed by atoms with Crippen molar-refractivity contribution in [2.75, 3.05) is 36.9 Å². The molecule has 33 heavy (non-hydrogen) atoms. The lowest BCUT2D eigenvalue weighted by Crippen LogP contribution is -2.39. The molecule has 0 aliphatic carbocycles. The van der Waals surface area contributed by atoms with E-state index in [9.17, 15) is 14.4 Å². The van der Waals surface area contributed by atoms with Crippen LogP contribution in [0.1, 0.15) is 63.4 Å². The first-order valence-corrected chi connectivity index (χ1v) is 12.2. The van der Waals surface area contributed by atoms with Crippen molar-refractivity contribution in [1.82, 2.24) is 4.90 Å². The summed E-state index contributed by atoms with van der Waals surface area (Å²) < 4.78 is 5.21. The van der Waals surface area contributed by atoms with Crippen molar-refractivity contribution in [3.63, 3.8) is 0 Å². The van der Waals surface area contributed by atoms with E-state index in [4.69, 9.17) is 4.74 Å². The molecule has 1 aromatic carbocycles. The van der Waals surface area contributed by atoms with Gasteiger partial charge in [0.25, 0.3) is 5.91 Å². The molecule has 178 valence electrons. The van der Waals surface area contributed by atoms with Gasteiger partial charge in [-0.05, 0) is 70.2 Å². The number of thiophene rings is 1. The second kappa shape index (κ2) is 10.9. The fraction of sp³-hybridized carbons (Fsp3) is 0.480. The molecule has 1 aliphatic rings. The Balaban J connectivity index is 1.83. The Hall–Kier alpha value is -2.71. The van der Waals surface area contributed by atoms with Gasteiger partial charge in [-0.3, -0.25) is 14.5 Å². The number of carbonyl (C=O) groups is 3. The average Bonchev–Trinajstić information content (AvgIpc) is 3.06. The van der Waals surface area contributed by atoms with Gasteiger partial charge in [-0.25, -0.2) is 4.79 Å². The lowest BCUT2D eigenvalue weighted by atomic mass is 10.0. The molecule has 1 saturated heterocycles. The lowest BCUT2D eigenvalue weighted by molar-refractivity contribution is -0.117. The van der Waals surface area contributed by atoms with Gasteiger partial charge in [-0.15, -0.1) is 11.3 Å². The molecule has 0 unspecified atom stereocenters. The number of esters is 1. The molecule has 0 saturated carbocycles. The monoisotopic (exact) mass is 471 g/mol. The number of benzene rings is 1. The quantitative estimate of drug-likeness (QED) is 0.568. The summed E-state index contributed by atoms with van der Waals surface area (Å²) in [7, 11) is 0. The van der Waals surface area contributed by atoms with Crippen molar-refractivity contribution in [3.8, 4) is 0 Å². The Kier molecular flexibility index (Phi) is 8.26. The fourth-order valence-electron chi connectivity index (χ4n) is 4.20. The van der Waals surface area contributed by atoms with Crippen LogP contribution in [0.5, 0.6) is 0 Å². The predicted molar refractivity (Wildman–Crippen MR) is 132 cm³/mol. The van der Waals surface area contributed by atoms with E-state index in [0.717, 1.165) is 42.0 Å². The van der Waals surface area contributed by atoms with Gasteiger partial charge < -0.3 is 15.4 Å². The Bertz CT molecular complexity index is 1050. The van der Waals surface area contributed by atoms with Crippen molar-refractivity contribution in [3.05, 3.63) is 45.3 Å². The highest BCUT2D eigenvalue weighted by molar-refractivity contribution is 7.19. The highest BCUT2D eigenvalue weighted by Gasteiger charge is 2.27. The zero-order valence-electron chi connectivity index (χ0n) is 20.0. The predicted octanol–water partition coefficient (Wildman–Crippen LogP) is 4.77. The summed E-state index contributed by atoms with van der Waals surface area (Å²) in [6, 6.07) is 5.79. The molecular formula is C25H33N3O4S. The summed E-state index contributed by atoms with van der Waals surface area (Å²) in [5.41, 5.74) is 3.51. The third-order valence-corrected chi connectivity index (χ3v) is 7.03. The number of nitrogens with zero attached hydrogens (tertiary/aromatic N) is 1. The van der Waals surface area contributed by atoms with E-state index in [0.29, 0.717) is 27.0 Å². The van der Waals surface area contributed by atoms with E-state index in [-0.39, 0.29) is 30.5 Å². The lowest BCUT2D eigenvalue weighted by Gasteiger charge is -2.30. The molecule has 1 aromatic heterocycles. The number of hydrogen-bond acceptors (Lipinski definition) is 6. The first-order chi connectivity index (χ1) is 15.7. The molecule has 0 spiro atoms. The Morgan fingerprint density at radius 3 is 2.61 bits per heavy atom. The Labute approximate surface area is 199 Å². The smallest absolute Gasteiger partial charge is 0.341 e. The van der Waals surface area contributed by atoms with Gasteiger partial charge in [0.15, 0.2) is 0 Å². The second-order valence-corrected chi connectivity index (χ2v) is 9.80. The number of rotatable bonds is 7. The van der Waals surface area contributed by atoms with E-state index in [1.54, 1.807) is 13.8 Å². The van der Waals surface area contributed by atoms with Gasteiger partial charge in [-0.2, -0.15) is 0 Å². The molecule has 0 radical (unpaired) electrons. The average molecular weight is 472 g/mol. The highest BCUT2D eigenvalue weighted by Crippen LogP contribution is 2.34. The molecule has 7 nitrogen and oxygen atoms in total. The van der Waals surface area contributed by atoms with Crippen LogP contribution in [0, 0.1) is 26.7 Å². The number of carbonyl (C=O) groups excluding carboxylic acids is 3. The number of amides is 2. The minimum atomic E-state index is -0.543. The summed E-state index contributed by atoms with van der Waals surface area (Å²) in [5.74, 6) is -0.498. The van der Waals surface area contributed by atoms with Gasteiger partial charge in [0.2, 0.25) is 5.91 Å². The van der Waals surface area contributed by atoms with E-state index in [2.05, 4.69) is 22.5 Å². The van der Waals surface area contributed by atoms with Crippen molar-refractivity contribution in [1.29, 1.82) is 0 Å². The van der Waals surface area contributed by atoms with E-state index in [1.165, 1.54) is 6.42 Å². The van der Waals surface area contributed by atoms with Crippen molar-refractivity contribution < 1.29 is 19.1 Å². The van der Waals surface area contributed by atoms with Crippen LogP contribution in [0.3, 0.4) is 0 Å². The number of piperidine rings is 1. The number of aryl methyl sites for hydroxylation is 2. The van der Waals surface area contributed by atoms with Crippen LogP contribution in [0.2, 0.25) is 0 Å². The third kappa shape index (κ3) is 6.21. The number of anilines is 2. The minimum absolute atomic E-state index is 0.197. The molecule has 3 rings (SSSR count). The van der Waals surface area contributed by atoms with Crippen LogP contribution in [0.4, 0.5) is 10.7 Å². The standard InChI is InChI=1S/C25H33N3O4S/c1-6-32-25(31)21-18(5)22(23(30)26-19-10-9-15(2)12-17(19)4)33-24(21)27-20(29)14-28-11-7-8-16(3)13-28/h9-10,12,16H,6-8,11,13-14H2,1-5H3,(H,26,30)(H,27,29)/t16-/m0/s1. The fourth-order valence-corrected chi connectivity index (χ4v) is 5.31. The number of likely N-dealkylation sites (tertiary alicyclic amines) is 1. The molecule has 2 amide bonds. The van der Waals surface area contributed by atoms with Crippen molar-refractivity contribution in [2.24, 2.45) is 5.92 Å². The first kappa shape index (κ1) is 24.9. The van der Waals surface area contributed by atoms with Gasteiger partial charge in [-0.1, -0.05) is 24.6 Å². The number of nitrogens with one attached hydrogen (secondary N) is 2. The normalized spacial score (nSPS) is 16.3. The topological polar surface area (TPSA) is 87.7 Å². The molecule has 2 N–H and O–H groups in total. The maximum Gasteiger partial charge on any atom is 0.341 e. The third-order valence-electron chi connectivity index (χ3n) is 5.82. The first-order valence-electron chi connectivity index (χ1n) is 11.4. The van der Waals surface area contributed by atoms with Crippen molar-refractivity contribution >= 4 is 39.8 Å². The maximum atomic E-state index is 13.1. The summed E-state index contributed by atoms with van der Waals surface area (Å²) in [4.78, 5) is 41.0. The zero-order chi connectivity index (χ0) is 24.1. The molecule has 1 aliphatic heterocycles. The van der Waals surface area contributed by atoms with Crippen LogP contribution in [0.25, 0.3) is 0 Å². The minimum Gasteiger partial charge on any atom is -0.462 e.